The number of para-hydroxylation sites is 1. The molecule has 0 bridgehead atoms. The number of aryl methyl sites for hydroxylation is 1. The van der Waals surface area contributed by atoms with Crippen LogP contribution in [0.5, 0.6) is 0 Å². The number of aromatic nitrogens is 1. The Balaban J connectivity index is 2.19. The van der Waals surface area contributed by atoms with Crippen molar-refractivity contribution < 1.29 is 14.3 Å². The van der Waals surface area contributed by atoms with E-state index in [1.165, 1.54) is 6.07 Å². The normalized spacial score (nSPS) is 11.4. The molecule has 1 aromatic carbocycles. The lowest BCUT2D eigenvalue weighted by atomic mass is 10.1. The number of nitriles is 1. The SMILES string of the molecule is CCOC(=O)c1cc(C#N)c(S[C@H](C)C(=O)Nc2ccccc2Cl)nc1C. The predicted molar refractivity (Wildman–Crippen MR) is 105 cm³/mol. The number of halogens is 1. The first-order valence-corrected chi connectivity index (χ1v) is 9.44. The number of nitrogens with one attached hydrogen (secondary N) is 1. The van der Waals surface area contributed by atoms with E-state index in [1.54, 1.807) is 45.0 Å². The van der Waals surface area contributed by atoms with Gasteiger partial charge in [-0.3, -0.25) is 4.79 Å². The minimum absolute atomic E-state index is 0.214. The largest absolute Gasteiger partial charge is 0.462 e. The highest BCUT2D eigenvalue weighted by atomic mass is 35.5. The second-order valence-corrected chi connectivity index (χ2v) is 7.27. The van der Waals surface area contributed by atoms with Crippen LogP contribution in [0.15, 0.2) is 35.4 Å². The van der Waals surface area contributed by atoms with E-state index in [1.807, 2.05) is 6.07 Å². The summed E-state index contributed by atoms with van der Waals surface area (Å²) in [5.74, 6) is -0.800. The van der Waals surface area contributed by atoms with Crippen LogP contribution in [0.2, 0.25) is 5.02 Å². The summed E-state index contributed by atoms with van der Waals surface area (Å²) in [6.45, 7) is 5.30. The van der Waals surface area contributed by atoms with Gasteiger partial charge in [-0.05, 0) is 39.0 Å². The Hall–Kier alpha value is -2.56. The summed E-state index contributed by atoms with van der Waals surface area (Å²) in [5.41, 5.74) is 1.41. The van der Waals surface area contributed by atoms with Gasteiger partial charge in [0.2, 0.25) is 5.91 Å². The third-order valence-electron chi connectivity index (χ3n) is 3.58. The second kappa shape index (κ2) is 9.40. The molecule has 2 rings (SSSR count). The lowest BCUT2D eigenvalue weighted by molar-refractivity contribution is -0.115. The van der Waals surface area contributed by atoms with Crippen molar-refractivity contribution in [2.24, 2.45) is 0 Å². The van der Waals surface area contributed by atoms with E-state index in [4.69, 9.17) is 16.3 Å². The number of carbonyl (C=O) groups excluding carboxylic acids is 2. The van der Waals surface area contributed by atoms with E-state index >= 15 is 0 Å². The van der Waals surface area contributed by atoms with Crippen molar-refractivity contribution in [1.82, 2.24) is 4.98 Å². The number of ether oxygens (including phenoxy) is 1. The van der Waals surface area contributed by atoms with Crippen molar-refractivity contribution in [3.63, 3.8) is 0 Å². The summed E-state index contributed by atoms with van der Waals surface area (Å²) in [7, 11) is 0. The smallest absolute Gasteiger partial charge is 0.340 e. The zero-order chi connectivity index (χ0) is 20.0. The quantitative estimate of drug-likeness (QED) is 0.573. The van der Waals surface area contributed by atoms with Gasteiger partial charge in [-0.2, -0.15) is 5.26 Å². The zero-order valence-electron chi connectivity index (χ0n) is 15.1. The van der Waals surface area contributed by atoms with Gasteiger partial charge in [-0.1, -0.05) is 35.5 Å². The Morgan fingerprint density at radius 2 is 2.11 bits per heavy atom. The van der Waals surface area contributed by atoms with Crippen LogP contribution in [0.25, 0.3) is 0 Å². The number of esters is 1. The summed E-state index contributed by atoms with van der Waals surface area (Å²) in [5, 5.41) is 12.4. The van der Waals surface area contributed by atoms with Crippen molar-refractivity contribution in [1.29, 1.82) is 5.26 Å². The van der Waals surface area contributed by atoms with Crippen molar-refractivity contribution in [2.45, 2.75) is 31.0 Å². The molecule has 0 saturated heterocycles. The molecule has 1 aromatic heterocycles. The number of benzene rings is 1. The number of thioether (sulfide) groups is 1. The molecule has 1 heterocycles. The third kappa shape index (κ3) is 5.22. The van der Waals surface area contributed by atoms with E-state index in [-0.39, 0.29) is 23.6 Å². The van der Waals surface area contributed by atoms with E-state index in [0.29, 0.717) is 21.4 Å². The van der Waals surface area contributed by atoms with Gasteiger partial charge in [0.15, 0.2) is 0 Å². The molecule has 0 spiro atoms. The first kappa shape index (κ1) is 20.7. The van der Waals surface area contributed by atoms with Gasteiger partial charge in [0, 0.05) is 0 Å². The molecule has 0 saturated carbocycles. The minimum atomic E-state index is -0.534. The van der Waals surface area contributed by atoms with Crippen LogP contribution in [0.4, 0.5) is 5.69 Å². The monoisotopic (exact) mass is 403 g/mol. The summed E-state index contributed by atoms with van der Waals surface area (Å²) in [4.78, 5) is 28.7. The second-order valence-electron chi connectivity index (χ2n) is 5.54. The lowest BCUT2D eigenvalue weighted by Gasteiger charge is -2.14. The molecule has 0 aliphatic carbocycles. The Morgan fingerprint density at radius 3 is 2.74 bits per heavy atom. The molecule has 140 valence electrons. The van der Waals surface area contributed by atoms with Crippen LogP contribution in [0, 0.1) is 18.3 Å². The van der Waals surface area contributed by atoms with E-state index in [9.17, 15) is 14.9 Å². The Bertz CT molecular complexity index is 912. The molecule has 27 heavy (non-hydrogen) atoms. The number of hydrogen-bond donors (Lipinski definition) is 1. The van der Waals surface area contributed by atoms with Crippen LogP contribution in [-0.4, -0.2) is 28.7 Å². The predicted octanol–water partition coefficient (Wildman–Crippen LogP) is 4.21. The number of pyridine rings is 1. The fraction of sp³-hybridized carbons (Fsp3) is 0.263. The standard InChI is InChI=1S/C19H18ClN3O3S/c1-4-26-19(25)14-9-13(10-21)18(22-11(14)2)27-12(3)17(24)23-16-8-6-5-7-15(16)20/h5-9,12H,4H2,1-3H3,(H,23,24)/t12-/m1/s1. The van der Waals surface area contributed by atoms with E-state index < -0.39 is 11.2 Å². The van der Waals surface area contributed by atoms with Crippen molar-refractivity contribution in [2.75, 3.05) is 11.9 Å². The molecule has 0 aliphatic rings. The summed E-state index contributed by atoms with van der Waals surface area (Å²) < 4.78 is 4.97. The maximum atomic E-state index is 12.4. The first-order chi connectivity index (χ1) is 12.9. The number of carbonyl (C=O) groups is 2. The summed E-state index contributed by atoms with van der Waals surface area (Å²) in [6.07, 6.45) is 0. The Labute approximate surface area is 166 Å². The molecule has 0 aliphatic heterocycles. The maximum absolute atomic E-state index is 12.4. The van der Waals surface area contributed by atoms with Crippen molar-refractivity contribution in [3.05, 3.63) is 52.2 Å². The molecule has 6 nitrogen and oxygen atoms in total. The van der Waals surface area contributed by atoms with Gasteiger partial charge >= 0.3 is 5.97 Å². The summed E-state index contributed by atoms with van der Waals surface area (Å²) in [6, 6.07) is 10.4. The fourth-order valence-electron chi connectivity index (χ4n) is 2.19. The average molecular weight is 404 g/mol. The van der Waals surface area contributed by atoms with Crippen molar-refractivity contribution in [3.8, 4) is 6.07 Å². The number of anilines is 1. The van der Waals surface area contributed by atoms with Gasteiger partial charge < -0.3 is 10.1 Å². The number of rotatable bonds is 6. The van der Waals surface area contributed by atoms with Crippen molar-refractivity contribution >= 4 is 40.9 Å². The molecule has 1 N–H and O–H groups in total. The van der Waals surface area contributed by atoms with Crippen LogP contribution >= 0.6 is 23.4 Å². The average Bonchev–Trinajstić information content (AvgIpc) is 2.63. The molecule has 0 unspecified atom stereocenters. The van der Waals surface area contributed by atoms with Crippen LogP contribution in [0.3, 0.4) is 0 Å². The highest BCUT2D eigenvalue weighted by molar-refractivity contribution is 8.00. The van der Waals surface area contributed by atoms with Crippen LogP contribution < -0.4 is 5.32 Å². The van der Waals surface area contributed by atoms with E-state index in [2.05, 4.69) is 10.3 Å². The fourth-order valence-corrected chi connectivity index (χ4v) is 3.29. The molecular weight excluding hydrogens is 386 g/mol. The Kier molecular flexibility index (Phi) is 7.22. The zero-order valence-corrected chi connectivity index (χ0v) is 16.6. The highest BCUT2D eigenvalue weighted by Gasteiger charge is 2.21. The minimum Gasteiger partial charge on any atom is -0.462 e. The number of hydrogen-bond acceptors (Lipinski definition) is 6. The van der Waals surface area contributed by atoms with Crippen LogP contribution in [-0.2, 0) is 9.53 Å². The lowest BCUT2D eigenvalue weighted by Crippen LogP contribution is -2.23. The van der Waals surface area contributed by atoms with Gasteiger partial charge in [0.1, 0.15) is 11.1 Å². The molecular formula is C19H18ClN3O3S. The molecule has 8 heteroatoms. The number of nitrogens with zero attached hydrogens (tertiary/aromatic N) is 2. The van der Waals surface area contributed by atoms with Crippen LogP contribution in [0.1, 0.15) is 35.5 Å². The maximum Gasteiger partial charge on any atom is 0.340 e. The van der Waals surface area contributed by atoms with Gasteiger partial charge in [0.05, 0.1) is 39.4 Å². The Morgan fingerprint density at radius 1 is 1.41 bits per heavy atom. The van der Waals surface area contributed by atoms with Gasteiger partial charge in [-0.15, -0.1) is 0 Å². The topological polar surface area (TPSA) is 92.1 Å². The number of amides is 1. The molecule has 1 atom stereocenters. The van der Waals surface area contributed by atoms with Gasteiger partial charge in [0.25, 0.3) is 0 Å². The first-order valence-electron chi connectivity index (χ1n) is 8.18. The molecule has 0 radical (unpaired) electrons. The molecule has 1 amide bonds. The van der Waals surface area contributed by atoms with E-state index in [0.717, 1.165) is 11.8 Å². The highest BCUT2D eigenvalue weighted by Crippen LogP contribution is 2.28. The third-order valence-corrected chi connectivity index (χ3v) is 5.01. The summed E-state index contributed by atoms with van der Waals surface area (Å²) >= 11 is 7.19. The molecule has 2 aromatic rings. The van der Waals surface area contributed by atoms with Gasteiger partial charge in [-0.25, -0.2) is 9.78 Å². The molecule has 0 fully saturated rings.